The summed E-state index contributed by atoms with van der Waals surface area (Å²) in [6.45, 7) is 1.61. The molecular weight excluding hydrogens is 174 g/mol. The van der Waals surface area contributed by atoms with Gasteiger partial charge in [-0.25, -0.2) is 0 Å². The summed E-state index contributed by atoms with van der Waals surface area (Å²) in [7, 11) is 2.01. The molecule has 0 radical (unpaired) electrons. The van der Waals surface area contributed by atoms with Gasteiger partial charge in [-0.1, -0.05) is 30.3 Å². The number of likely N-dealkylation sites (N-methyl/N-ethyl adjacent to an activating group) is 1. The Morgan fingerprint density at radius 3 is 2.64 bits per heavy atom. The van der Waals surface area contributed by atoms with E-state index in [1.165, 1.54) is 5.56 Å². The van der Waals surface area contributed by atoms with E-state index < -0.39 is 0 Å². The fourth-order valence-electron chi connectivity index (χ4n) is 2.09. The van der Waals surface area contributed by atoms with Crippen LogP contribution in [0.3, 0.4) is 0 Å². The van der Waals surface area contributed by atoms with Gasteiger partial charge in [-0.2, -0.15) is 0 Å². The van der Waals surface area contributed by atoms with Crippen molar-refractivity contribution in [3.05, 3.63) is 35.9 Å². The molecule has 2 heteroatoms. The van der Waals surface area contributed by atoms with Crippen molar-refractivity contribution in [2.75, 3.05) is 20.1 Å². The molecule has 1 unspecified atom stereocenters. The van der Waals surface area contributed by atoms with Crippen molar-refractivity contribution in [2.24, 2.45) is 0 Å². The van der Waals surface area contributed by atoms with Gasteiger partial charge in [0.2, 0.25) is 0 Å². The molecule has 0 aromatic heterocycles. The van der Waals surface area contributed by atoms with Crippen molar-refractivity contribution in [1.29, 1.82) is 0 Å². The number of rotatable bonds is 1. The van der Waals surface area contributed by atoms with Crippen molar-refractivity contribution in [3.8, 4) is 0 Å². The SMILES string of the molecule is CN1CC(=O)CC(c2ccccc2)C1. The molecule has 0 aliphatic carbocycles. The molecule has 2 rings (SSSR count). The molecule has 0 N–H and O–H groups in total. The van der Waals surface area contributed by atoms with E-state index in [1.807, 2.05) is 25.2 Å². The lowest BCUT2D eigenvalue weighted by atomic mass is 9.90. The molecule has 1 atom stereocenters. The summed E-state index contributed by atoms with van der Waals surface area (Å²) in [4.78, 5) is 13.5. The van der Waals surface area contributed by atoms with E-state index in [9.17, 15) is 4.79 Å². The fraction of sp³-hybridized carbons (Fsp3) is 0.417. The smallest absolute Gasteiger partial charge is 0.147 e. The number of hydrogen-bond acceptors (Lipinski definition) is 2. The Morgan fingerprint density at radius 1 is 1.29 bits per heavy atom. The largest absolute Gasteiger partial charge is 0.299 e. The van der Waals surface area contributed by atoms with Crippen molar-refractivity contribution < 1.29 is 4.79 Å². The summed E-state index contributed by atoms with van der Waals surface area (Å²) in [5.41, 5.74) is 1.28. The minimum absolute atomic E-state index is 0.354. The van der Waals surface area contributed by atoms with Gasteiger partial charge in [0, 0.05) is 18.9 Å². The highest BCUT2D eigenvalue weighted by atomic mass is 16.1. The van der Waals surface area contributed by atoms with Crippen LogP contribution in [-0.4, -0.2) is 30.8 Å². The van der Waals surface area contributed by atoms with Gasteiger partial charge in [-0.3, -0.25) is 9.69 Å². The number of carbonyl (C=O) groups excluding carboxylic acids is 1. The Morgan fingerprint density at radius 2 is 2.00 bits per heavy atom. The van der Waals surface area contributed by atoms with Crippen LogP contribution in [0.25, 0.3) is 0 Å². The molecule has 14 heavy (non-hydrogen) atoms. The Hall–Kier alpha value is -1.15. The van der Waals surface area contributed by atoms with E-state index >= 15 is 0 Å². The van der Waals surface area contributed by atoms with Crippen LogP contribution < -0.4 is 0 Å². The predicted octanol–water partition coefficient (Wildman–Crippen LogP) is 1.67. The van der Waals surface area contributed by atoms with Gasteiger partial charge in [0.25, 0.3) is 0 Å². The maximum Gasteiger partial charge on any atom is 0.147 e. The Balaban J connectivity index is 2.15. The Labute approximate surface area is 84.5 Å². The molecule has 0 amide bonds. The van der Waals surface area contributed by atoms with Gasteiger partial charge in [0.05, 0.1) is 6.54 Å². The van der Waals surface area contributed by atoms with Crippen LogP contribution in [0, 0.1) is 0 Å². The van der Waals surface area contributed by atoms with Gasteiger partial charge < -0.3 is 0 Å². The van der Waals surface area contributed by atoms with E-state index in [0.717, 1.165) is 6.54 Å². The third-order valence-electron chi connectivity index (χ3n) is 2.72. The normalized spacial score (nSPS) is 23.8. The van der Waals surface area contributed by atoms with Crippen LogP contribution in [0.4, 0.5) is 0 Å². The lowest BCUT2D eigenvalue weighted by molar-refractivity contribution is -0.122. The monoisotopic (exact) mass is 189 g/mol. The van der Waals surface area contributed by atoms with Gasteiger partial charge in [-0.15, -0.1) is 0 Å². The van der Waals surface area contributed by atoms with Crippen LogP contribution in [0.5, 0.6) is 0 Å². The Bertz CT molecular complexity index is 320. The van der Waals surface area contributed by atoms with E-state index in [4.69, 9.17) is 0 Å². The van der Waals surface area contributed by atoms with Gasteiger partial charge in [-0.05, 0) is 12.6 Å². The van der Waals surface area contributed by atoms with Crippen LogP contribution in [0.2, 0.25) is 0 Å². The van der Waals surface area contributed by atoms with E-state index in [-0.39, 0.29) is 0 Å². The molecule has 1 fully saturated rings. The predicted molar refractivity (Wildman–Crippen MR) is 56.3 cm³/mol. The third-order valence-corrected chi connectivity index (χ3v) is 2.72. The number of nitrogens with zero attached hydrogens (tertiary/aromatic N) is 1. The van der Waals surface area contributed by atoms with Crippen molar-refractivity contribution in [2.45, 2.75) is 12.3 Å². The van der Waals surface area contributed by atoms with Gasteiger partial charge in [0.15, 0.2) is 0 Å². The molecule has 1 saturated heterocycles. The molecule has 0 saturated carbocycles. The number of Topliss-reactive ketones (excluding diaryl/α,β-unsaturated/α-hetero) is 1. The summed E-state index contributed by atoms with van der Waals surface area (Å²) in [5.74, 6) is 0.745. The standard InChI is InChI=1S/C12H15NO/c1-13-8-11(7-12(14)9-13)10-5-3-2-4-6-10/h2-6,11H,7-9H2,1H3. The van der Waals surface area contributed by atoms with Gasteiger partial charge >= 0.3 is 0 Å². The number of likely N-dealkylation sites (tertiary alicyclic amines) is 1. The first-order valence-corrected chi connectivity index (χ1v) is 5.01. The first kappa shape index (κ1) is 9.41. The fourth-order valence-corrected chi connectivity index (χ4v) is 2.09. The number of hydrogen-bond donors (Lipinski definition) is 0. The quantitative estimate of drug-likeness (QED) is 0.670. The molecule has 1 aromatic rings. The zero-order valence-corrected chi connectivity index (χ0v) is 8.44. The van der Waals surface area contributed by atoms with E-state index in [0.29, 0.717) is 24.7 Å². The molecule has 0 bridgehead atoms. The summed E-state index contributed by atoms with van der Waals surface area (Å²) >= 11 is 0. The maximum atomic E-state index is 11.4. The first-order valence-electron chi connectivity index (χ1n) is 5.01. The molecular formula is C12H15NO. The average molecular weight is 189 g/mol. The van der Waals surface area contributed by atoms with Crippen LogP contribution >= 0.6 is 0 Å². The van der Waals surface area contributed by atoms with Crippen molar-refractivity contribution >= 4 is 5.78 Å². The average Bonchev–Trinajstić information content (AvgIpc) is 2.18. The van der Waals surface area contributed by atoms with E-state index in [2.05, 4.69) is 17.0 Å². The second-order valence-corrected chi connectivity index (χ2v) is 4.05. The molecule has 2 nitrogen and oxygen atoms in total. The summed E-state index contributed by atoms with van der Waals surface area (Å²) in [6.07, 6.45) is 0.703. The third kappa shape index (κ3) is 2.02. The topological polar surface area (TPSA) is 20.3 Å². The number of piperidine rings is 1. The highest BCUT2D eigenvalue weighted by Gasteiger charge is 2.23. The number of ketones is 1. The van der Waals surface area contributed by atoms with E-state index in [1.54, 1.807) is 0 Å². The van der Waals surface area contributed by atoms with Crippen molar-refractivity contribution in [3.63, 3.8) is 0 Å². The molecule has 1 aliphatic rings. The highest BCUT2D eigenvalue weighted by molar-refractivity contribution is 5.82. The molecule has 74 valence electrons. The second kappa shape index (κ2) is 3.93. The maximum absolute atomic E-state index is 11.4. The lowest BCUT2D eigenvalue weighted by Crippen LogP contribution is -2.36. The molecule has 0 spiro atoms. The first-order chi connectivity index (χ1) is 6.75. The Kier molecular flexibility index (Phi) is 2.64. The number of benzene rings is 1. The zero-order valence-electron chi connectivity index (χ0n) is 8.44. The van der Waals surface area contributed by atoms with Crippen LogP contribution in [-0.2, 0) is 4.79 Å². The van der Waals surface area contributed by atoms with Gasteiger partial charge in [0.1, 0.15) is 5.78 Å². The zero-order chi connectivity index (χ0) is 9.97. The number of carbonyl (C=O) groups is 1. The summed E-state index contributed by atoms with van der Waals surface area (Å²) in [5, 5.41) is 0. The second-order valence-electron chi connectivity index (χ2n) is 4.05. The molecule has 1 aromatic carbocycles. The van der Waals surface area contributed by atoms with Crippen LogP contribution in [0.15, 0.2) is 30.3 Å². The lowest BCUT2D eigenvalue weighted by Gasteiger charge is -2.28. The molecule has 1 heterocycles. The minimum Gasteiger partial charge on any atom is -0.299 e. The van der Waals surface area contributed by atoms with Crippen LogP contribution in [0.1, 0.15) is 17.9 Å². The van der Waals surface area contributed by atoms with Crippen molar-refractivity contribution in [1.82, 2.24) is 4.90 Å². The molecule has 1 aliphatic heterocycles. The highest BCUT2D eigenvalue weighted by Crippen LogP contribution is 2.23. The summed E-state index contributed by atoms with van der Waals surface area (Å²) < 4.78 is 0. The summed E-state index contributed by atoms with van der Waals surface area (Å²) in [6, 6.07) is 10.3. The minimum atomic E-state index is 0.354.